The summed E-state index contributed by atoms with van der Waals surface area (Å²) in [5.41, 5.74) is 6.72. The molecule has 5 heteroatoms. The second-order valence-corrected chi connectivity index (χ2v) is 7.51. The third-order valence-corrected chi connectivity index (χ3v) is 5.11. The van der Waals surface area contributed by atoms with Crippen LogP contribution in [0.2, 0.25) is 0 Å². The van der Waals surface area contributed by atoms with E-state index in [0.717, 1.165) is 39.4 Å². The smallest absolute Gasteiger partial charge is 0.228 e. The van der Waals surface area contributed by atoms with Crippen molar-refractivity contribution in [1.82, 2.24) is 4.98 Å². The molecule has 0 spiro atoms. The number of nitrogens with one attached hydrogen (secondary N) is 1. The molecule has 0 saturated heterocycles. The molecule has 0 radical (unpaired) electrons. The third kappa shape index (κ3) is 4.83. The molecule has 156 valence electrons. The van der Waals surface area contributed by atoms with Crippen molar-refractivity contribution in [2.45, 2.75) is 20.3 Å². The van der Waals surface area contributed by atoms with Crippen LogP contribution in [0.3, 0.4) is 0 Å². The lowest BCUT2D eigenvalue weighted by Crippen LogP contribution is -2.14. The minimum Gasteiger partial charge on any atom is -0.497 e. The number of carbonyl (C=O) groups is 1. The van der Waals surface area contributed by atoms with Gasteiger partial charge >= 0.3 is 0 Å². The summed E-state index contributed by atoms with van der Waals surface area (Å²) in [6.07, 6.45) is 1.98. The zero-order valence-electron chi connectivity index (χ0n) is 17.8. The summed E-state index contributed by atoms with van der Waals surface area (Å²) in [5.74, 6) is 1.24. The van der Waals surface area contributed by atoms with Gasteiger partial charge in [0.15, 0.2) is 0 Å². The summed E-state index contributed by atoms with van der Waals surface area (Å²) >= 11 is 0. The van der Waals surface area contributed by atoms with Crippen molar-refractivity contribution in [1.29, 1.82) is 0 Å². The Morgan fingerprint density at radius 1 is 1.00 bits per heavy atom. The number of carbonyl (C=O) groups excluding carboxylic acids is 1. The number of rotatable bonds is 6. The number of methoxy groups -OCH3 is 1. The Morgan fingerprint density at radius 3 is 2.45 bits per heavy atom. The van der Waals surface area contributed by atoms with Gasteiger partial charge in [0.1, 0.15) is 17.7 Å². The molecule has 0 unspecified atom stereocenters. The maximum Gasteiger partial charge on any atom is 0.228 e. The molecule has 0 bridgehead atoms. The lowest BCUT2D eigenvalue weighted by Gasteiger charge is -2.07. The van der Waals surface area contributed by atoms with Gasteiger partial charge in [-0.15, -0.1) is 0 Å². The van der Waals surface area contributed by atoms with Crippen molar-refractivity contribution in [3.63, 3.8) is 0 Å². The first kappa shape index (κ1) is 20.4. The van der Waals surface area contributed by atoms with E-state index >= 15 is 0 Å². The van der Waals surface area contributed by atoms with Gasteiger partial charge in [0.2, 0.25) is 11.8 Å². The fourth-order valence-electron chi connectivity index (χ4n) is 3.37. The van der Waals surface area contributed by atoms with Gasteiger partial charge in [0, 0.05) is 16.8 Å². The highest BCUT2D eigenvalue weighted by Gasteiger charge is 2.11. The van der Waals surface area contributed by atoms with Crippen molar-refractivity contribution < 1.29 is 13.9 Å². The molecule has 1 N–H and O–H groups in total. The van der Waals surface area contributed by atoms with Crippen LogP contribution >= 0.6 is 0 Å². The SMILES string of the molecule is COc1ccc(CC(=O)Nc2ccc(-c3nc(-c4cc(C)ccc4C)co3)cc2)cc1. The molecule has 0 aliphatic carbocycles. The monoisotopic (exact) mass is 412 g/mol. The van der Waals surface area contributed by atoms with Gasteiger partial charge < -0.3 is 14.5 Å². The van der Waals surface area contributed by atoms with Gasteiger partial charge in [0.05, 0.1) is 13.5 Å². The molecular weight excluding hydrogens is 388 g/mol. The van der Waals surface area contributed by atoms with E-state index in [1.165, 1.54) is 5.56 Å². The van der Waals surface area contributed by atoms with E-state index in [1.807, 2.05) is 48.5 Å². The van der Waals surface area contributed by atoms with Crippen LogP contribution in [0.5, 0.6) is 5.75 Å². The highest BCUT2D eigenvalue weighted by molar-refractivity contribution is 5.92. The molecule has 0 fully saturated rings. The van der Waals surface area contributed by atoms with E-state index in [1.54, 1.807) is 13.4 Å². The topological polar surface area (TPSA) is 64.4 Å². The van der Waals surface area contributed by atoms with E-state index in [2.05, 4.69) is 42.3 Å². The van der Waals surface area contributed by atoms with Crippen molar-refractivity contribution in [2.24, 2.45) is 0 Å². The molecule has 31 heavy (non-hydrogen) atoms. The summed E-state index contributed by atoms with van der Waals surface area (Å²) in [7, 11) is 1.62. The molecule has 0 saturated carbocycles. The maximum atomic E-state index is 12.3. The summed E-state index contributed by atoms with van der Waals surface area (Å²) in [5, 5.41) is 2.92. The predicted molar refractivity (Wildman–Crippen MR) is 122 cm³/mol. The average Bonchev–Trinajstić information content (AvgIpc) is 3.26. The molecule has 1 aromatic heterocycles. The first-order valence-electron chi connectivity index (χ1n) is 10.1. The van der Waals surface area contributed by atoms with Crippen LogP contribution in [0.25, 0.3) is 22.7 Å². The molecule has 5 nitrogen and oxygen atoms in total. The Kier molecular flexibility index (Phi) is 5.85. The number of benzene rings is 3. The number of ether oxygens (including phenoxy) is 1. The number of hydrogen-bond donors (Lipinski definition) is 1. The minimum atomic E-state index is -0.0775. The first-order valence-corrected chi connectivity index (χ1v) is 10.1. The zero-order valence-corrected chi connectivity index (χ0v) is 17.8. The molecule has 4 rings (SSSR count). The normalized spacial score (nSPS) is 10.7. The average molecular weight is 412 g/mol. The molecule has 0 atom stereocenters. The summed E-state index contributed by atoms with van der Waals surface area (Å²) < 4.78 is 10.9. The van der Waals surface area contributed by atoms with Crippen LogP contribution in [0, 0.1) is 13.8 Å². The Balaban J connectivity index is 1.43. The summed E-state index contributed by atoms with van der Waals surface area (Å²) in [6, 6.07) is 21.2. The number of aryl methyl sites for hydroxylation is 2. The van der Waals surface area contributed by atoms with Crippen molar-refractivity contribution in [3.8, 4) is 28.5 Å². The third-order valence-electron chi connectivity index (χ3n) is 5.11. The second-order valence-electron chi connectivity index (χ2n) is 7.51. The fraction of sp³-hybridized carbons (Fsp3) is 0.154. The largest absolute Gasteiger partial charge is 0.497 e. The summed E-state index contributed by atoms with van der Waals surface area (Å²) in [6.45, 7) is 4.12. The quantitative estimate of drug-likeness (QED) is 0.434. The number of nitrogens with zero attached hydrogens (tertiary/aromatic N) is 1. The van der Waals surface area contributed by atoms with E-state index in [4.69, 9.17) is 9.15 Å². The highest BCUT2D eigenvalue weighted by Crippen LogP contribution is 2.28. The molecule has 4 aromatic rings. The Hall–Kier alpha value is -3.86. The molecule has 1 heterocycles. The summed E-state index contributed by atoms with van der Waals surface area (Å²) in [4.78, 5) is 17.0. The fourth-order valence-corrected chi connectivity index (χ4v) is 3.37. The molecular formula is C26H24N2O3. The van der Waals surface area contributed by atoms with Gasteiger partial charge in [-0.25, -0.2) is 4.98 Å². The van der Waals surface area contributed by atoms with Crippen molar-refractivity contribution >= 4 is 11.6 Å². The Morgan fingerprint density at radius 2 is 1.74 bits per heavy atom. The molecule has 1 amide bonds. The number of amides is 1. The number of oxazole rings is 1. The van der Waals surface area contributed by atoms with Gasteiger partial charge in [-0.3, -0.25) is 4.79 Å². The predicted octanol–water partition coefficient (Wildman–Crippen LogP) is 5.82. The minimum absolute atomic E-state index is 0.0775. The van der Waals surface area contributed by atoms with Gasteiger partial charge in [-0.2, -0.15) is 0 Å². The number of hydrogen-bond acceptors (Lipinski definition) is 4. The van der Waals surface area contributed by atoms with Crippen LogP contribution in [-0.2, 0) is 11.2 Å². The standard InChI is InChI=1S/C26H24N2O3/c1-17-4-5-18(2)23(14-17)24-16-31-26(28-24)20-8-10-21(11-9-20)27-25(29)15-19-6-12-22(30-3)13-7-19/h4-14,16H,15H2,1-3H3,(H,27,29). The van der Waals surface area contributed by atoms with E-state index in [9.17, 15) is 4.79 Å². The lowest BCUT2D eigenvalue weighted by atomic mass is 10.0. The zero-order chi connectivity index (χ0) is 21.8. The van der Waals surface area contributed by atoms with E-state index < -0.39 is 0 Å². The molecule has 0 aliphatic rings. The molecule has 0 aliphatic heterocycles. The second kappa shape index (κ2) is 8.88. The maximum absolute atomic E-state index is 12.3. The van der Waals surface area contributed by atoms with Crippen molar-refractivity contribution in [3.05, 3.63) is 89.7 Å². The molecule has 3 aromatic carbocycles. The van der Waals surface area contributed by atoms with Crippen LogP contribution in [0.15, 0.2) is 77.4 Å². The van der Waals surface area contributed by atoms with Crippen molar-refractivity contribution in [2.75, 3.05) is 12.4 Å². The van der Waals surface area contributed by atoms with Crippen LogP contribution < -0.4 is 10.1 Å². The van der Waals surface area contributed by atoms with Gasteiger partial charge in [0.25, 0.3) is 0 Å². The number of anilines is 1. The highest BCUT2D eigenvalue weighted by atomic mass is 16.5. The van der Waals surface area contributed by atoms with E-state index in [-0.39, 0.29) is 5.91 Å². The van der Waals surface area contributed by atoms with Crippen LogP contribution in [0.4, 0.5) is 5.69 Å². The first-order chi connectivity index (χ1) is 15.0. The Labute approximate surface area is 181 Å². The van der Waals surface area contributed by atoms with Gasteiger partial charge in [-0.05, 0) is 67.4 Å². The van der Waals surface area contributed by atoms with E-state index in [0.29, 0.717) is 12.3 Å². The van der Waals surface area contributed by atoms with Crippen LogP contribution in [-0.4, -0.2) is 18.0 Å². The Bertz CT molecular complexity index is 1190. The lowest BCUT2D eigenvalue weighted by molar-refractivity contribution is -0.115. The van der Waals surface area contributed by atoms with Gasteiger partial charge in [-0.1, -0.05) is 29.8 Å². The number of aromatic nitrogens is 1. The van der Waals surface area contributed by atoms with Crippen LogP contribution in [0.1, 0.15) is 16.7 Å².